The van der Waals surface area contributed by atoms with Crippen LogP contribution in [0.15, 0.2) is 23.7 Å². The van der Waals surface area contributed by atoms with Crippen LogP contribution in [-0.2, 0) is 0 Å². The molecule has 1 amide bonds. The fraction of sp³-hybridized carbons (Fsp3) is 0.308. The number of carbonyl (C=O) groups excluding carboxylic acids is 1. The van der Waals surface area contributed by atoms with Crippen molar-refractivity contribution >= 4 is 40.5 Å². The molecule has 3 rings (SSSR count). The summed E-state index contributed by atoms with van der Waals surface area (Å²) in [6.45, 7) is 1.87. The van der Waals surface area contributed by atoms with E-state index in [0.29, 0.717) is 22.2 Å². The van der Waals surface area contributed by atoms with Gasteiger partial charge in [-0.2, -0.15) is 4.37 Å². The van der Waals surface area contributed by atoms with Gasteiger partial charge < -0.3 is 10.2 Å². The van der Waals surface area contributed by atoms with Crippen molar-refractivity contribution in [3.63, 3.8) is 0 Å². The summed E-state index contributed by atoms with van der Waals surface area (Å²) >= 11 is 7.47. The lowest BCUT2D eigenvalue weighted by Crippen LogP contribution is -2.21. The molecule has 0 aromatic carbocycles. The second kappa shape index (κ2) is 5.76. The quantitative estimate of drug-likeness (QED) is 0.947. The van der Waals surface area contributed by atoms with E-state index in [1.807, 2.05) is 0 Å². The molecule has 0 radical (unpaired) electrons. The molecule has 1 N–H and O–H groups in total. The summed E-state index contributed by atoms with van der Waals surface area (Å²) in [5.74, 6) is 0.447. The van der Waals surface area contributed by atoms with E-state index in [9.17, 15) is 4.79 Å². The lowest BCUT2D eigenvalue weighted by atomic mass is 10.3. The normalized spacial score (nSPS) is 14.6. The van der Waals surface area contributed by atoms with Gasteiger partial charge in [0.2, 0.25) is 0 Å². The second-order valence-electron chi connectivity index (χ2n) is 4.56. The standard InChI is InChI=1S/C13H13ClN4OS/c14-10-3-4-11(13(19)16-9-7-15-20-8-9)17-12(10)18-5-1-2-6-18/h3-4,7-8H,1-2,5-6H2,(H,16,19). The van der Waals surface area contributed by atoms with Crippen LogP contribution in [-0.4, -0.2) is 28.4 Å². The van der Waals surface area contributed by atoms with Gasteiger partial charge in [-0.15, -0.1) is 0 Å². The van der Waals surface area contributed by atoms with Gasteiger partial charge in [0.1, 0.15) is 11.5 Å². The number of pyridine rings is 1. The van der Waals surface area contributed by atoms with E-state index in [2.05, 4.69) is 19.6 Å². The van der Waals surface area contributed by atoms with E-state index in [1.165, 1.54) is 11.5 Å². The van der Waals surface area contributed by atoms with Crippen molar-refractivity contribution in [1.82, 2.24) is 9.36 Å². The van der Waals surface area contributed by atoms with E-state index in [4.69, 9.17) is 11.6 Å². The first-order valence-corrected chi connectivity index (χ1v) is 7.58. The van der Waals surface area contributed by atoms with E-state index in [1.54, 1.807) is 23.7 Å². The molecule has 1 fully saturated rings. The minimum absolute atomic E-state index is 0.248. The third kappa shape index (κ3) is 2.76. The number of nitrogens with one attached hydrogen (secondary N) is 1. The molecule has 5 nitrogen and oxygen atoms in total. The number of halogens is 1. The second-order valence-corrected chi connectivity index (χ2v) is 5.63. The Hall–Kier alpha value is -1.66. The number of rotatable bonds is 3. The Bertz CT molecular complexity index is 611. The molecule has 1 saturated heterocycles. The summed E-state index contributed by atoms with van der Waals surface area (Å²) in [7, 11) is 0. The van der Waals surface area contributed by atoms with Gasteiger partial charge in [0.25, 0.3) is 5.91 Å². The largest absolute Gasteiger partial charge is 0.355 e. The molecule has 2 aromatic rings. The maximum atomic E-state index is 12.1. The SMILES string of the molecule is O=C(Nc1cnsc1)c1ccc(Cl)c(N2CCCC2)n1. The fourth-order valence-electron chi connectivity index (χ4n) is 2.17. The predicted octanol–water partition coefficient (Wildman–Crippen LogP) is 3.04. The minimum Gasteiger partial charge on any atom is -0.355 e. The molecule has 0 saturated carbocycles. The first kappa shape index (κ1) is 13.3. The summed E-state index contributed by atoms with van der Waals surface area (Å²) in [5, 5.41) is 5.12. The minimum atomic E-state index is -0.248. The van der Waals surface area contributed by atoms with E-state index in [-0.39, 0.29) is 5.91 Å². The molecule has 1 aliphatic heterocycles. The van der Waals surface area contributed by atoms with Gasteiger partial charge in [-0.1, -0.05) is 11.6 Å². The molecule has 0 bridgehead atoms. The predicted molar refractivity (Wildman–Crippen MR) is 80.8 cm³/mol. The molecule has 20 heavy (non-hydrogen) atoms. The average molecular weight is 309 g/mol. The number of aromatic nitrogens is 2. The highest BCUT2D eigenvalue weighted by molar-refractivity contribution is 7.04. The molecular weight excluding hydrogens is 296 g/mol. The van der Waals surface area contributed by atoms with Crippen LogP contribution in [0.5, 0.6) is 0 Å². The van der Waals surface area contributed by atoms with E-state index >= 15 is 0 Å². The topological polar surface area (TPSA) is 58.1 Å². The highest BCUT2D eigenvalue weighted by atomic mass is 35.5. The number of hydrogen-bond acceptors (Lipinski definition) is 5. The Morgan fingerprint density at radius 3 is 2.85 bits per heavy atom. The van der Waals surface area contributed by atoms with Gasteiger partial charge in [-0.05, 0) is 36.5 Å². The molecule has 0 spiro atoms. The van der Waals surface area contributed by atoms with Crippen molar-refractivity contribution < 1.29 is 4.79 Å². The zero-order valence-electron chi connectivity index (χ0n) is 10.7. The van der Waals surface area contributed by atoms with E-state index < -0.39 is 0 Å². The molecule has 3 heterocycles. The maximum absolute atomic E-state index is 12.1. The van der Waals surface area contributed by atoms with Crippen LogP contribution in [0.4, 0.5) is 11.5 Å². The van der Waals surface area contributed by atoms with Crippen molar-refractivity contribution in [2.24, 2.45) is 0 Å². The highest BCUT2D eigenvalue weighted by Crippen LogP contribution is 2.27. The number of nitrogens with zero attached hydrogens (tertiary/aromatic N) is 3. The van der Waals surface area contributed by atoms with Crippen molar-refractivity contribution in [2.75, 3.05) is 23.3 Å². The van der Waals surface area contributed by atoms with Crippen molar-refractivity contribution in [1.29, 1.82) is 0 Å². The smallest absolute Gasteiger partial charge is 0.274 e. The summed E-state index contributed by atoms with van der Waals surface area (Å²) in [6.07, 6.45) is 3.88. The highest BCUT2D eigenvalue weighted by Gasteiger charge is 2.19. The Morgan fingerprint density at radius 2 is 2.15 bits per heavy atom. The van der Waals surface area contributed by atoms with Crippen LogP contribution in [0.3, 0.4) is 0 Å². The zero-order chi connectivity index (χ0) is 13.9. The van der Waals surface area contributed by atoms with Gasteiger partial charge in [0.05, 0.1) is 16.9 Å². The summed E-state index contributed by atoms with van der Waals surface area (Å²) in [5.41, 5.74) is 1.04. The van der Waals surface area contributed by atoms with Gasteiger partial charge in [0.15, 0.2) is 0 Å². The molecule has 0 atom stereocenters. The Kier molecular flexibility index (Phi) is 3.84. The van der Waals surface area contributed by atoms with Gasteiger partial charge in [0, 0.05) is 18.5 Å². The first-order chi connectivity index (χ1) is 9.74. The molecule has 0 aliphatic carbocycles. The Morgan fingerprint density at radius 1 is 1.35 bits per heavy atom. The van der Waals surface area contributed by atoms with Crippen molar-refractivity contribution in [3.8, 4) is 0 Å². The van der Waals surface area contributed by atoms with Gasteiger partial charge in [-0.25, -0.2) is 4.98 Å². The van der Waals surface area contributed by atoms with Crippen molar-refractivity contribution in [3.05, 3.63) is 34.4 Å². The molecular formula is C13H13ClN4OS. The molecule has 7 heteroatoms. The lowest BCUT2D eigenvalue weighted by Gasteiger charge is -2.18. The van der Waals surface area contributed by atoms with Crippen LogP contribution < -0.4 is 10.2 Å². The van der Waals surface area contributed by atoms with Crippen LogP contribution in [0.25, 0.3) is 0 Å². The number of amides is 1. The number of carbonyl (C=O) groups is 1. The molecule has 104 valence electrons. The van der Waals surface area contributed by atoms with Gasteiger partial charge >= 0.3 is 0 Å². The van der Waals surface area contributed by atoms with E-state index in [0.717, 1.165) is 25.9 Å². The molecule has 0 unspecified atom stereocenters. The Balaban J connectivity index is 1.82. The fourth-order valence-corrected chi connectivity index (χ4v) is 2.86. The van der Waals surface area contributed by atoms with Crippen LogP contribution in [0, 0.1) is 0 Å². The third-order valence-corrected chi connectivity index (χ3v) is 4.04. The molecule has 1 aliphatic rings. The molecule has 2 aromatic heterocycles. The first-order valence-electron chi connectivity index (χ1n) is 6.36. The summed E-state index contributed by atoms with van der Waals surface area (Å²) in [4.78, 5) is 18.6. The Labute approximate surface area is 125 Å². The third-order valence-electron chi connectivity index (χ3n) is 3.16. The number of hydrogen-bond donors (Lipinski definition) is 1. The summed E-state index contributed by atoms with van der Waals surface area (Å²) < 4.78 is 3.94. The number of anilines is 2. The summed E-state index contributed by atoms with van der Waals surface area (Å²) in [6, 6.07) is 3.36. The monoisotopic (exact) mass is 308 g/mol. The average Bonchev–Trinajstić information content (AvgIpc) is 3.11. The van der Waals surface area contributed by atoms with Crippen molar-refractivity contribution in [2.45, 2.75) is 12.8 Å². The zero-order valence-corrected chi connectivity index (χ0v) is 12.2. The van der Waals surface area contributed by atoms with Crippen LogP contribution >= 0.6 is 23.1 Å². The van der Waals surface area contributed by atoms with Crippen LogP contribution in [0.2, 0.25) is 5.02 Å². The maximum Gasteiger partial charge on any atom is 0.274 e. The van der Waals surface area contributed by atoms with Gasteiger partial charge in [-0.3, -0.25) is 4.79 Å². The lowest BCUT2D eigenvalue weighted by molar-refractivity contribution is 0.102. The van der Waals surface area contributed by atoms with Crippen LogP contribution in [0.1, 0.15) is 23.3 Å².